The van der Waals surface area contributed by atoms with Crippen LogP contribution in [0.1, 0.15) is 13.8 Å². The quantitative estimate of drug-likeness (QED) is 0.269. The lowest BCUT2D eigenvalue weighted by atomic mass is 10.0. The predicted molar refractivity (Wildman–Crippen MR) is 150 cm³/mol. The minimum atomic E-state index is -0.914. The van der Waals surface area contributed by atoms with Crippen LogP contribution in [0.2, 0.25) is 0 Å². The normalized spacial score (nSPS) is 21.3. The molecule has 4 atom stereocenters. The highest BCUT2D eigenvalue weighted by atomic mass is 32.2. The van der Waals surface area contributed by atoms with Gasteiger partial charge in [0.05, 0.1) is 29.8 Å². The molecule has 2 aromatic carbocycles. The van der Waals surface area contributed by atoms with Crippen molar-refractivity contribution in [1.82, 2.24) is 9.97 Å². The van der Waals surface area contributed by atoms with Crippen molar-refractivity contribution in [3.8, 4) is 28.3 Å². The number of nitrogens with one attached hydrogen (secondary N) is 1. The lowest BCUT2D eigenvalue weighted by Gasteiger charge is -2.16. The summed E-state index contributed by atoms with van der Waals surface area (Å²) in [5, 5.41) is 9.89. The third-order valence-corrected chi connectivity index (χ3v) is 7.24. The van der Waals surface area contributed by atoms with Gasteiger partial charge in [0.15, 0.2) is 17.8 Å². The summed E-state index contributed by atoms with van der Waals surface area (Å²) in [6.07, 6.45) is -0.133. The minimum Gasteiger partial charge on any atom is -0.470 e. The van der Waals surface area contributed by atoms with Gasteiger partial charge < -0.3 is 30.0 Å². The number of aromatic nitrogens is 2. The number of hydrogen-bond acceptors (Lipinski definition) is 7. The van der Waals surface area contributed by atoms with Gasteiger partial charge in [0.1, 0.15) is 35.6 Å². The molecule has 2 fully saturated rings. The first-order valence-electron chi connectivity index (χ1n) is 12.9. The third kappa shape index (κ3) is 5.84. The fraction of sp³-hybridized carbons (Fsp3) is 0.345. The molecule has 2 aliphatic heterocycles. The Morgan fingerprint density at radius 2 is 1.57 bits per heavy atom. The van der Waals surface area contributed by atoms with Crippen LogP contribution in [-0.4, -0.2) is 66.0 Å². The van der Waals surface area contributed by atoms with Gasteiger partial charge in [0, 0.05) is 17.0 Å². The van der Waals surface area contributed by atoms with E-state index >= 15 is 8.78 Å². The number of aliphatic hydroxyl groups is 1. The highest BCUT2D eigenvalue weighted by Gasteiger charge is 2.48. The average molecular weight is 576 g/mol. The van der Waals surface area contributed by atoms with E-state index in [1.165, 1.54) is 25.2 Å². The Morgan fingerprint density at radius 3 is 2.23 bits per heavy atom. The van der Waals surface area contributed by atoms with E-state index in [1.54, 1.807) is 23.9 Å². The molecular weight excluding hydrogens is 543 g/mol. The van der Waals surface area contributed by atoms with Crippen LogP contribution >= 0.6 is 11.8 Å². The van der Waals surface area contributed by atoms with Crippen LogP contribution in [-0.2, 0) is 9.47 Å². The summed E-state index contributed by atoms with van der Waals surface area (Å²) in [7, 11) is 1.50. The molecule has 0 bridgehead atoms. The molecule has 2 aromatic heterocycles. The number of aliphatic hydroxyl groups excluding tert-OH is 1. The standard InChI is InChI=1S/C26H21F3N2O4S.C2H6.CH5N/c1-36-14-4-2-12(3-5-14)13-6-15(27)23(16(28)7-13)24-17(29)8-18-19(31-24)9-22(30-18)35-21-11-34-25-20(32)10-33-26(21)25;2*1-2/h2-9,20-21,25-26,30,32H,10-11H2,1H3;1-2H3;2H2,1H3/t20-,21-,25?,26-;;/m1../s1. The lowest BCUT2D eigenvalue weighted by molar-refractivity contribution is 0.00794. The largest absolute Gasteiger partial charge is 0.470 e. The van der Waals surface area contributed by atoms with E-state index < -0.39 is 53.1 Å². The molecule has 11 heteroatoms. The summed E-state index contributed by atoms with van der Waals surface area (Å²) in [5.74, 6) is -2.43. The summed E-state index contributed by atoms with van der Waals surface area (Å²) in [6, 6.07) is 12.3. The van der Waals surface area contributed by atoms with Gasteiger partial charge in [-0.05, 0) is 48.7 Å². The monoisotopic (exact) mass is 575 g/mol. The number of rotatable bonds is 5. The second kappa shape index (κ2) is 13.0. The molecule has 4 aromatic rings. The second-order valence-electron chi connectivity index (χ2n) is 8.75. The Balaban J connectivity index is 0.000000886. The van der Waals surface area contributed by atoms with Crippen molar-refractivity contribution in [3.63, 3.8) is 0 Å². The molecule has 2 saturated heterocycles. The molecule has 0 radical (unpaired) electrons. The summed E-state index contributed by atoms with van der Waals surface area (Å²) >= 11 is 1.56. The van der Waals surface area contributed by atoms with Crippen molar-refractivity contribution in [2.45, 2.75) is 43.2 Å². The van der Waals surface area contributed by atoms with Crippen LogP contribution in [0.3, 0.4) is 0 Å². The molecule has 40 heavy (non-hydrogen) atoms. The number of nitrogens with two attached hydrogens (primary N) is 1. The van der Waals surface area contributed by atoms with Crippen LogP contribution < -0.4 is 10.5 Å². The summed E-state index contributed by atoms with van der Waals surface area (Å²) < 4.78 is 62.2. The Bertz CT molecular complexity index is 1430. The number of H-pyrrole nitrogens is 1. The first kappa shape index (κ1) is 29.9. The minimum absolute atomic E-state index is 0.164. The van der Waals surface area contributed by atoms with Gasteiger partial charge >= 0.3 is 0 Å². The molecule has 6 rings (SSSR count). The van der Waals surface area contributed by atoms with Crippen molar-refractivity contribution in [3.05, 3.63) is 66.0 Å². The smallest absolute Gasteiger partial charge is 0.193 e. The number of ether oxygens (including phenoxy) is 3. The van der Waals surface area contributed by atoms with Gasteiger partial charge in [-0.1, -0.05) is 26.0 Å². The lowest BCUT2D eigenvalue weighted by Crippen LogP contribution is -2.34. The molecule has 2 aliphatic rings. The van der Waals surface area contributed by atoms with Gasteiger partial charge in [-0.25, -0.2) is 18.2 Å². The zero-order chi connectivity index (χ0) is 29.0. The first-order valence-corrected chi connectivity index (χ1v) is 14.1. The zero-order valence-corrected chi connectivity index (χ0v) is 23.4. The fourth-order valence-electron chi connectivity index (χ4n) is 4.70. The SMILES string of the molecule is CC.CN.CSc1ccc(-c2cc(F)c(-c3nc4cc(O[C@@H]5COC6[C@H](O)CO[C@@H]65)[nH]c4cc3F)c(F)c2)cc1. The Kier molecular flexibility index (Phi) is 9.75. The van der Waals surface area contributed by atoms with Crippen LogP contribution in [0, 0.1) is 17.5 Å². The molecule has 0 spiro atoms. The number of hydrogen-bond donors (Lipinski definition) is 3. The van der Waals surface area contributed by atoms with Crippen LogP contribution in [0.25, 0.3) is 33.4 Å². The van der Waals surface area contributed by atoms with E-state index in [-0.39, 0.29) is 24.6 Å². The van der Waals surface area contributed by atoms with Crippen LogP contribution in [0.15, 0.2) is 53.4 Å². The van der Waals surface area contributed by atoms with E-state index in [9.17, 15) is 9.50 Å². The number of aromatic amines is 1. The van der Waals surface area contributed by atoms with Gasteiger partial charge in [0.2, 0.25) is 0 Å². The van der Waals surface area contributed by atoms with Gasteiger partial charge in [-0.2, -0.15) is 0 Å². The number of pyridine rings is 1. The molecule has 0 aliphatic carbocycles. The summed E-state index contributed by atoms with van der Waals surface area (Å²) in [4.78, 5) is 8.14. The maximum absolute atomic E-state index is 15.1. The van der Waals surface area contributed by atoms with Crippen molar-refractivity contribution in [2.75, 3.05) is 26.5 Å². The maximum atomic E-state index is 15.1. The molecule has 1 unspecified atom stereocenters. The van der Waals surface area contributed by atoms with Crippen molar-refractivity contribution in [2.24, 2.45) is 5.73 Å². The van der Waals surface area contributed by atoms with E-state index in [4.69, 9.17) is 14.2 Å². The van der Waals surface area contributed by atoms with Gasteiger partial charge in [0.25, 0.3) is 0 Å². The van der Waals surface area contributed by atoms with Crippen molar-refractivity contribution >= 4 is 22.8 Å². The molecular formula is C29H32F3N3O4S. The van der Waals surface area contributed by atoms with Crippen molar-refractivity contribution in [1.29, 1.82) is 0 Å². The fourth-order valence-corrected chi connectivity index (χ4v) is 5.11. The van der Waals surface area contributed by atoms with Gasteiger partial charge in [-0.3, -0.25) is 0 Å². The molecule has 214 valence electrons. The van der Waals surface area contributed by atoms with Gasteiger partial charge in [-0.15, -0.1) is 11.8 Å². The highest BCUT2D eigenvalue weighted by molar-refractivity contribution is 7.98. The number of thioether (sulfide) groups is 1. The Labute approximate surface area is 234 Å². The van der Waals surface area contributed by atoms with E-state index in [0.29, 0.717) is 16.6 Å². The molecule has 4 heterocycles. The van der Waals surface area contributed by atoms with E-state index in [0.717, 1.165) is 11.0 Å². The third-order valence-electron chi connectivity index (χ3n) is 6.49. The van der Waals surface area contributed by atoms with Crippen molar-refractivity contribution < 1.29 is 32.5 Å². The number of benzene rings is 2. The van der Waals surface area contributed by atoms with E-state index in [1.807, 2.05) is 32.2 Å². The van der Waals surface area contributed by atoms with Crippen LogP contribution in [0.4, 0.5) is 13.2 Å². The zero-order valence-electron chi connectivity index (χ0n) is 22.6. The summed E-state index contributed by atoms with van der Waals surface area (Å²) in [5.41, 5.74) is 5.10. The first-order chi connectivity index (χ1) is 19.4. The maximum Gasteiger partial charge on any atom is 0.193 e. The molecule has 0 saturated carbocycles. The average Bonchev–Trinajstić information content (AvgIpc) is 3.67. The number of nitrogens with zero attached hydrogens (tertiary/aromatic N) is 1. The van der Waals surface area contributed by atoms with Crippen LogP contribution in [0.5, 0.6) is 5.88 Å². The Hall–Kier alpha value is -3.09. The molecule has 7 nitrogen and oxygen atoms in total. The number of halogens is 3. The summed E-state index contributed by atoms with van der Waals surface area (Å²) in [6.45, 7) is 4.38. The number of fused-ring (bicyclic) bond motifs is 2. The highest BCUT2D eigenvalue weighted by Crippen LogP contribution is 2.35. The van der Waals surface area contributed by atoms with E-state index in [2.05, 4.69) is 15.7 Å². The topological polar surface area (TPSA) is 103 Å². The Morgan fingerprint density at radius 1 is 0.925 bits per heavy atom. The molecule has 4 N–H and O–H groups in total. The predicted octanol–water partition coefficient (Wildman–Crippen LogP) is 5.54. The molecule has 0 amide bonds. The second-order valence-corrected chi connectivity index (χ2v) is 9.63.